The van der Waals surface area contributed by atoms with E-state index in [0.29, 0.717) is 34.0 Å². The Morgan fingerprint density at radius 2 is 1.16 bits per heavy atom. The minimum Gasteiger partial charge on any atom is -0.509 e. The van der Waals surface area contributed by atoms with E-state index in [4.69, 9.17) is 9.72 Å². The van der Waals surface area contributed by atoms with Crippen LogP contribution in [-0.2, 0) is 26.5 Å². The molecule has 6 nitrogen and oxygen atoms in total. The summed E-state index contributed by atoms with van der Waals surface area (Å²) in [5, 5.41) is 2.10. The van der Waals surface area contributed by atoms with Crippen molar-refractivity contribution in [3.8, 4) is 39.6 Å². The summed E-state index contributed by atoms with van der Waals surface area (Å²) >= 11 is 0. The minimum atomic E-state index is -0.665. The normalized spacial score (nSPS) is 12.0. The Kier molecular flexibility index (Phi) is 12.3. The van der Waals surface area contributed by atoms with Gasteiger partial charge < -0.3 is 14.2 Å². The third kappa shape index (κ3) is 8.86. The smallest absolute Gasteiger partial charge is 0.509 e. The molecule has 1 aliphatic rings. The van der Waals surface area contributed by atoms with Crippen LogP contribution in [0.25, 0.3) is 49.9 Å². The zero-order valence-corrected chi connectivity index (χ0v) is 42.3. The van der Waals surface area contributed by atoms with E-state index in [2.05, 4.69) is 115 Å². The predicted octanol–water partition coefficient (Wildman–Crippen LogP) is 16.8. The molecule has 0 aliphatic carbocycles. The molecule has 0 saturated carbocycles. The molecule has 11 aromatic rings. The Morgan fingerprint density at radius 3 is 1.85 bits per heavy atom. The Bertz CT molecular complexity index is 3900. The summed E-state index contributed by atoms with van der Waals surface area (Å²) in [5.74, 6) is 0.388. The van der Waals surface area contributed by atoms with Crippen LogP contribution >= 0.6 is 0 Å². The molecule has 9 heteroatoms. The SMILES string of the molecule is CC(C)(C)c1ccnc(-n2c3[c-]c(Oc4[c-]c([N+]5=C=[N+](c6c(-c7ccccc7)cccc6-c6cc(F)cc(F)c6)c6ccccc65)cc(N(c5ccccc5)c5ccccc5)c4)ccc3c3ccccc32)c1.[Pt+2]. The molecule has 0 spiro atoms. The van der Waals surface area contributed by atoms with Crippen LogP contribution in [0.5, 0.6) is 11.5 Å². The molecule has 0 unspecified atom stereocenters. The molecule has 354 valence electrons. The van der Waals surface area contributed by atoms with Crippen molar-refractivity contribution in [1.82, 2.24) is 18.7 Å². The third-order valence-corrected chi connectivity index (χ3v) is 13.0. The third-order valence-electron chi connectivity index (χ3n) is 13.0. The van der Waals surface area contributed by atoms with Crippen molar-refractivity contribution in [1.29, 1.82) is 0 Å². The average molecular weight is 1130 g/mol. The first-order valence-electron chi connectivity index (χ1n) is 23.8. The van der Waals surface area contributed by atoms with Crippen LogP contribution in [0, 0.1) is 23.8 Å². The van der Waals surface area contributed by atoms with Crippen LogP contribution in [0.2, 0.25) is 0 Å². The number of aromatic nitrogens is 2. The molecule has 0 saturated heterocycles. The number of nitrogens with zero attached hydrogens (tertiary/aromatic N) is 5. The van der Waals surface area contributed by atoms with Crippen LogP contribution in [0.4, 0.5) is 48.6 Å². The minimum absolute atomic E-state index is 0. The second kappa shape index (κ2) is 19.2. The van der Waals surface area contributed by atoms with Gasteiger partial charge in [0.15, 0.2) is 0 Å². The molecule has 12 rings (SSSR count). The van der Waals surface area contributed by atoms with Crippen LogP contribution in [0.15, 0.2) is 219 Å². The van der Waals surface area contributed by atoms with E-state index < -0.39 is 11.6 Å². The molecular weight excluding hydrogens is 1090 g/mol. The molecule has 0 amide bonds. The first-order valence-corrected chi connectivity index (χ1v) is 23.8. The summed E-state index contributed by atoms with van der Waals surface area (Å²) in [7, 11) is 0. The van der Waals surface area contributed by atoms with E-state index in [1.807, 2.05) is 143 Å². The molecule has 0 N–H and O–H groups in total. The van der Waals surface area contributed by atoms with Gasteiger partial charge in [-0.05, 0) is 98.8 Å². The van der Waals surface area contributed by atoms with Gasteiger partial charge in [-0.2, -0.15) is 6.07 Å². The molecular formula is C64H45F2N5OPt+2. The maximum absolute atomic E-state index is 15.1. The van der Waals surface area contributed by atoms with Crippen LogP contribution in [-0.4, -0.2) is 15.6 Å². The van der Waals surface area contributed by atoms with Gasteiger partial charge in [0, 0.05) is 52.8 Å². The Labute approximate surface area is 437 Å². The molecule has 1 aliphatic heterocycles. The summed E-state index contributed by atoms with van der Waals surface area (Å²) in [6, 6.07) is 79.6. The number of hydrogen-bond donors (Lipinski definition) is 0. The van der Waals surface area contributed by atoms with E-state index >= 15 is 8.78 Å². The number of halogens is 2. The summed E-state index contributed by atoms with van der Waals surface area (Å²) in [6.07, 6.45) is 1.87. The first kappa shape index (κ1) is 46.8. The number of para-hydroxylation sites is 6. The maximum atomic E-state index is 15.1. The Hall–Kier alpha value is -8.54. The van der Waals surface area contributed by atoms with Crippen LogP contribution in [0.3, 0.4) is 0 Å². The summed E-state index contributed by atoms with van der Waals surface area (Å²) in [6.45, 7) is 6.61. The van der Waals surface area contributed by atoms with Gasteiger partial charge in [0.25, 0.3) is 11.4 Å². The number of benzene rings is 9. The largest absolute Gasteiger partial charge is 2.00 e. The van der Waals surface area contributed by atoms with Crippen molar-refractivity contribution < 1.29 is 34.6 Å². The van der Waals surface area contributed by atoms with Gasteiger partial charge >= 0.3 is 27.1 Å². The molecule has 0 atom stereocenters. The van der Waals surface area contributed by atoms with Gasteiger partial charge in [0.05, 0.1) is 11.1 Å². The van der Waals surface area contributed by atoms with Crippen molar-refractivity contribution >= 4 is 67.6 Å². The predicted molar refractivity (Wildman–Crippen MR) is 288 cm³/mol. The van der Waals surface area contributed by atoms with Crippen molar-refractivity contribution in [3.63, 3.8) is 0 Å². The quantitative estimate of drug-likeness (QED) is 0.101. The fourth-order valence-corrected chi connectivity index (χ4v) is 9.70. The number of rotatable bonds is 10. The van der Waals surface area contributed by atoms with Crippen molar-refractivity contribution in [3.05, 3.63) is 248 Å². The van der Waals surface area contributed by atoms with E-state index in [1.165, 1.54) is 17.7 Å². The van der Waals surface area contributed by atoms with Gasteiger partial charge in [-0.25, -0.2) is 13.8 Å². The second-order valence-corrected chi connectivity index (χ2v) is 18.8. The number of pyridine rings is 1. The fourth-order valence-electron chi connectivity index (χ4n) is 9.70. The monoisotopic (exact) mass is 1130 g/mol. The second-order valence-electron chi connectivity index (χ2n) is 18.8. The molecule has 0 bridgehead atoms. The number of fused-ring (bicyclic) bond motifs is 4. The fraction of sp³-hybridized carbons (Fsp3) is 0.0625. The maximum Gasteiger partial charge on any atom is 2.00 e. The van der Waals surface area contributed by atoms with E-state index in [0.717, 1.165) is 73.3 Å². The molecule has 0 fully saturated rings. The summed E-state index contributed by atoms with van der Waals surface area (Å²) < 4.78 is 43.3. The first-order chi connectivity index (χ1) is 35.1. The van der Waals surface area contributed by atoms with E-state index in [-0.39, 0.29) is 26.5 Å². The molecule has 9 aromatic carbocycles. The van der Waals surface area contributed by atoms with Crippen molar-refractivity contribution in [2.24, 2.45) is 0 Å². The standard InChI is InChI=1S/C64H45F2N5O.Pt/c1-64(2,3)45-32-33-67-62(36-45)71-58-27-14-13-24-56(58)57-31-30-52(41-61(57)71)72-53-39-50(38-51(40-53)70(48-20-9-5-10-21-48)49-22-11-6-12-23-49)68-42-69(60-29-16-15-28-59(60)68)63-54(43-18-7-4-8-19-43)25-17-26-55(63)44-34-46(65)37-47(66)35-44;/h4-38,40H,1-3H3;/q;+2. The zero-order chi connectivity index (χ0) is 48.9. The van der Waals surface area contributed by atoms with E-state index in [1.54, 1.807) is 0 Å². The van der Waals surface area contributed by atoms with Crippen molar-refractivity contribution in [2.75, 3.05) is 4.90 Å². The number of anilines is 3. The number of ether oxygens (including phenoxy) is 1. The van der Waals surface area contributed by atoms with Gasteiger partial charge in [0.2, 0.25) is 5.69 Å². The molecule has 73 heavy (non-hydrogen) atoms. The van der Waals surface area contributed by atoms with Gasteiger partial charge in [-0.15, -0.1) is 23.6 Å². The number of hydrogen-bond acceptors (Lipinski definition) is 3. The van der Waals surface area contributed by atoms with E-state index in [9.17, 15) is 0 Å². The molecule has 0 radical (unpaired) electrons. The average Bonchev–Trinajstić information content (AvgIpc) is 3.95. The topological polar surface area (TPSA) is 36.3 Å². The van der Waals surface area contributed by atoms with Crippen molar-refractivity contribution in [2.45, 2.75) is 26.2 Å². The Morgan fingerprint density at radius 1 is 0.548 bits per heavy atom. The summed E-state index contributed by atoms with van der Waals surface area (Å²) in [4.78, 5) is 7.08. The zero-order valence-electron chi connectivity index (χ0n) is 40.0. The molecule has 2 aromatic heterocycles. The van der Waals surface area contributed by atoms with Gasteiger partial charge in [-0.1, -0.05) is 152 Å². The van der Waals surface area contributed by atoms with Gasteiger partial charge in [-0.3, -0.25) is 0 Å². The molecule has 3 heterocycles. The van der Waals surface area contributed by atoms with Gasteiger partial charge in [0.1, 0.15) is 23.1 Å². The summed E-state index contributed by atoms with van der Waals surface area (Å²) in [5.41, 5.74) is 11.4. The van der Waals surface area contributed by atoms with Crippen LogP contribution < -0.4 is 18.8 Å². The van der Waals surface area contributed by atoms with Crippen LogP contribution in [0.1, 0.15) is 26.3 Å². The Balaban J connectivity index is 0.00000574.